The van der Waals surface area contributed by atoms with Crippen molar-refractivity contribution in [2.45, 2.75) is 45.7 Å². The first kappa shape index (κ1) is 17.8. The molecule has 0 spiro atoms. The van der Waals surface area contributed by atoms with Gasteiger partial charge in [-0.15, -0.1) is 0 Å². The Kier molecular flexibility index (Phi) is 3.76. The predicted octanol–water partition coefficient (Wildman–Crippen LogP) is 3.59. The van der Waals surface area contributed by atoms with Crippen LogP contribution in [0.15, 0.2) is 36.0 Å². The Hall–Kier alpha value is -1.55. The molecule has 0 amide bonds. The molecule has 26 heavy (non-hydrogen) atoms. The van der Waals surface area contributed by atoms with Gasteiger partial charge in [0.15, 0.2) is 11.6 Å². The van der Waals surface area contributed by atoms with E-state index in [2.05, 4.69) is 6.92 Å². The maximum atomic E-state index is 16.6. The molecular formula is C22H27FO3. The smallest absolute Gasteiger partial charge is 0.178 e. The molecule has 1 unspecified atom stereocenters. The number of allylic oxidation sites excluding steroid dienone is 6. The zero-order valence-corrected chi connectivity index (χ0v) is 15.7. The highest BCUT2D eigenvalue weighted by molar-refractivity contribution is 6.01. The van der Waals surface area contributed by atoms with Crippen LogP contribution in [0.5, 0.6) is 0 Å². The van der Waals surface area contributed by atoms with E-state index >= 15 is 4.39 Å². The average Bonchev–Trinajstić information content (AvgIpc) is 2.86. The Balaban J connectivity index is 1.81. The van der Waals surface area contributed by atoms with Gasteiger partial charge in [-0.3, -0.25) is 9.59 Å². The summed E-state index contributed by atoms with van der Waals surface area (Å²) in [6.07, 6.45) is 10.6. The van der Waals surface area contributed by atoms with Gasteiger partial charge in [0.25, 0.3) is 0 Å². The van der Waals surface area contributed by atoms with Gasteiger partial charge in [0.05, 0.1) is 0 Å². The van der Waals surface area contributed by atoms with Crippen LogP contribution in [0.3, 0.4) is 0 Å². The summed E-state index contributed by atoms with van der Waals surface area (Å²) >= 11 is 0. The van der Waals surface area contributed by atoms with E-state index in [9.17, 15) is 14.7 Å². The van der Waals surface area contributed by atoms with E-state index in [0.717, 1.165) is 18.4 Å². The monoisotopic (exact) mass is 358 g/mol. The maximum absolute atomic E-state index is 16.6. The second kappa shape index (κ2) is 5.48. The quantitative estimate of drug-likeness (QED) is 0.768. The number of halogens is 1. The molecule has 4 rings (SSSR count). The summed E-state index contributed by atoms with van der Waals surface area (Å²) in [6.45, 7) is 5.55. The van der Waals surface area contributed by atoms with Crippen LogP contribution in [0.4, 0.5) is 4.39 Å². The van der Waals surface area contributed by atoms with Gasteiger partial charge in [-0.1, -0.05) is 31.6 Å². The molecule has 0 saturated heterocycles. The Morgan fingerprint density at radius 3 is 2.69 bits per heavy atom. The summed E-state index contributed by atoms with van der Waals surface area (Å²) in [5, 5.41) is 9.42. The molecule has 140 valence electrons. The minimum absolute atomic E-state index is 0.0627. The normalized spacial score (nSPS) is 49.3. The number of hydrogen-bond donors (Lipinski definition) is 1. The molecule has 3 nitrogen and oxygen atoms in total. The largest absolute Gasteiger partial charge is 0.389 e. The number of ketones is 2. The van der Waals surface area contributed by atoms with Crippen molar-refractivity contribution in [1.82, 2.24) is 0 Å². The minimum Gasteiger partial charge on any atom is -0.389 e. The summed E-state index contributed by atoms with van der Waals surface area (Å²) in [5.74, 6) is -0.443. The number of alkyl halides is 1. The fourth-order valence-corrected chi connectivity index (χ4v) is 6.65. The van der Waals surface area contributed by atoms with Crippen molar-refractivity contribution in [2.24, 2.45) is 34.5 Å². The van der Waals surface area contributed by atoms with Crippen molar-refractivity contribution in [3.63, 3.8) is 0 Å². The number of hydrogen-bond acceptors (Lipinski definition) is 3. The van der Waals surface area contributed by atoms with Gasteiger partial charge < -0.3 is 5.11 Å². The lowest BCUT2D eigenvalue weighted by atomic mass is 9.48. The topological polar surface area (TPSA) is 54.4 Å². The Morgan fingerprint density at radius 2 is 2.00 bits per heavy atom. The van der Waals surface area contributed by atoms with Crippen LogP contribution in [0, 0.1) is 34.5 Å². The van der Waals surface area contributed by atoms with Gasteiger partial charge in [-0.2, -0.15) is 0 Å². The van der Waals surface area contributed by atoms with Crippen molar-refractivity contribution >= 4 is 11.6 Å². The standard InChI is InChI=1S/C22H27FO3/c1-13-10-17-16-5-4-14-11-15(25)6-7-21(14,3)22(16,23)9-8-20(17,2)19(13)18(26)12-24/h6-9,11,13,16-17,19,24H,4-5,10,12H2,1-3H3/t13?,16-,17-,19+,20-,21-,22+/m0/s1. The van der Waals surface area contributed by atoms with E-state index in [4.69, 9.17) is 0 Å². The summed E-state index contributed by atoms with van der Waals surface area (Å²) < 4.78 is 16.6. The SMILES string of the molecule is CC1C[C@H]2[C@@H]3CCC4=CC(=O)C=C[C@]4(C)[C@@]3(F)C=C[C@]2(C)[C@H]1C(=O)CO. The highest BCUT2D eigenvalue weighted by Crippen LogP contribution is 2.67. The molecule has 4 heteroatoms. The van der Waals surface area contributed by atoms with Crippen molar-refractivity contribution in [1.29, 1.82) is 0 Å². The van der Waals surface area contributed by atoms with Crippen LogP contribution < -0.4 is 0 Å². The Morgan fingerprint density at radius 1 is 1.27 bits per heavy atom. The fraction of sp³-hybridized carbons (Fsp3) is 0.636. The van der Waals surface area contributed by atoms with Gasteiger partial charge in [0, 0.05) is 17.3 Å². The third-order valence-electron chi connectivity index (χ3n) is 7.96. The molecule has 0 aromatic heterocycles. The molecule has 7 atom stereocenters. The summed E-state index contributed by atoms with van der Waals surface area (Å²) in [5.41, 5.74) is -1.88. The summed E-state index contributed by atoms with van der Waals surface area (Å²) in [4.78, 5) is 24.2. The van der Waals surface area contributed by atoms with Crippen LogP contribution >= 0.6 is 0 Å². The van der Waals surface area contributed by atoms with E-state index in [0.29, 0.717) is 6.42 Å². The molecule has 4 aliphatic rings. The lowest BCUT2D eigenvalue weighted by Gasteiger charge is -2.57. The van der Waals surface area contributed by atoms with E-state index in [1.54, 1.807) is 18.2 Å². The predicted molar refractivity (Wildman–Crippen MR) is 97.0 cm³/mol. The van der Waals surface area contributed by atoms with Crippen LogP contribution in [0.25, 0.3) is 0 Å². The molecule has 4 aliphatic carbocycles. The second-order valence-corrected chi connectivity index (χ2v) is 9.14. The molecule has 0 radical (unpaired) electrons. The van der Waals surface area contributed by atoms with Crippen LogP contribution in [0.2, 0.25) is 0 Å². The van der Waals surface area contributed by atoms with Crippen LogP contribution in [0.1, 0.15) is 40.0 Å². The number of aliphatic hydroxyl groups is 1. The Labute approximate surface area is 154 Å². The zero-order chi connectivity index (χ0) is 18.9. The van der Waals surface area contributed by atoms with E-state index in [-0.39, 0.29) is 35.2 Å². The molecule has 0 heterocycles. The van der Waals surface area contributed by atoms with Crippen molar-refractivity contribution < 1.29 is 19.1 Å². The third-order valence-corrected chi connectivity index (χ3v) is 7.96. The number of carbonyl (C=O) groups is 2. The van der Waals surface area contributed by atoms with Gasteiger partial charge in [0.1, 0.15) is 12.3 Å². The van der Waals surface area contributed by atoms with E-state index in [1.807, 2.05) is 19.9 Å². The molecule has 2 fully saturated rings. The molecular weight excluding hydrogens is 331 g/mol. The Bertz CT molecular complexity index is 765. The van der Waals surface area contributed by atoms with Gasteiger partial charge in [0.2, 0.25) is 0 Å². The van der Waals surface area contributed by atoms with Crippen LogP contribution in [-0.4, -0.2) is 28.9 Å². The first-order chi connectivity index (χ1) is 12.2. The van der Waals surface area contributed by atoms with Gasteiger partial charge >= 0.3 is 0 Å². The van der Waals surface area contributed by atoms with Gasteiger partial charge in [-0.25, -0.2) is 4.39 Å². The summed E-state index contributed by atoms with van der Waals surface area (Å²) in [6, 6.07) is 0. The molecule has 1 N–H and O–H groups in total. The van der Waals surface area contributed by atoms with Crippen molar-refractivity contribution in [3.8, 4) is 0 Å². The van der Waals surface area contributed by atoms with Gasteiger partial charge in [-0.05, 0) is 61.7 Å². The summed E-state index contributed by atoms with van der Waals surface area (Å²) in [7, 11) is 0. The van der Waals surface area contributed by atoms with Crippen LogP contribution in [-0.2, 0) is 9.59 Å². The number of fused-ring (bicyclic) bond motifs is 5. The molecule has 0 aromatic carbocycles. The maximum Gasteiger partial charge on any atom is 0.178 e. The first-order valence-corrected chi connectivity index (χ1v) is 9.64. The third kappa shape index (κ3) is 2.02. The highest BCUT2D eigenvalue weighted by Gasteiger charge is 2.66. The first-order valence-electron chi connectivity index (χ1n) is 9.64. The number of aliphatic hydroxyl groups excluding tert-OH is 1. The lowest BCUT2D eigenvalue weighted by molar-refractivity contribution is -0.131. The minimum atomic E-state index is -1.55. The number of carbonyl (C=O) groups excluding carboxylic acids is 2. The van der Waals surface area contributed by atoms with E-state index in [1.165, 1.54) is 6.08 Å². The number of Topliss-reactive ketones (excluding diaryl/α,β-unsaturated/α-hetero) is 1. The molecule has 2 saturated carbocycles. The lowest BCUT2D eigenvalue weighted by Crippen LogP contribution is -2.57. The van der Waals surface area contributed by atoms with Crippen molar-refractivity contribution in [3.05, 3.63) is 36.0 Å². The number of rotatable bonds is 2. The molecule has 0 aliphatic heterocycles. The second-order valence-electron chi connectivity index (χ2n) is 9.14. The zero-order valence-electron chi connectivity index (χ0n) is 15.7. The van der Waals surface area contributed by atoms with Crippen molar-refractivity contribution in [2.75, 3.05) is 6.61 Å². The average molecular weight is 358 g/mol. The molecule has 0 bridgehead atoms. The van der Waals surface area contributed by atoms with E-state index < -0.39 is 23.1 Å². The highest BCUT2D eigenvalue weighted by atomic mass is 19.1. The fourth-order valence-electron chi connectivity index (χ4n) is 6.65. The molecule has 0 aromatic rings.